The number of carbonyl (C=O) groups excluding carboxylic acids is 2. The lowest BCUT2D eigenvalue weighted by atomic mass is 9.82. The van der Waals surface area contributed by atoms with Crippen molar-refractivity contribution in [1.29, 1.82) is 0 Å². The summed E-state index contributed by atoms with van der Waals surface area (Å²) in [6.07, 6.45) is 4.25. The minimum atomic E-state index is -0.995. The Kier molecular flexibility index (Phi) is 4.88. The summed E-state index contributed by atoms with van der Waals surface area (Å²) in [5.74, 6) is -3.35. The van der Waals surface area contributed by atoms with Crippen LogP contribution in [0.25, 0.3) is 0 Å². The van der Waals surface area contributed by atoms with Gasteiger partial charge in [0, 0.05) is 0 Å². The molecule has 0 aromatic rings. The highest BCUT2D eigenvalue weighted by Crippen LogP contribution is 2.26. The Balaban J connectivity index is 2.67. The number of allylic oxidation sites excluding steroid dienone is 2. The van der Waals surface area contributed by atoms with Crippen LogP contribution in [0.3, 0.4) is 0 Å². The van der Waals surface area contributed by atoms with Crippen LogP contribution in [-0.4, -0.2) is 36.1 Å². The molecule has 1 aliphatic rings. The molecule has 1 aliphatic carbocycles. The number of carboxylic acid groups (broad SMARTS) is 1. The van der Waals surface area contributed by atoms with E-state index in [-0.39, 0.29) is 0 Å². The number of aliphatic carboxylic acids is 1. The molecule has 6 heteroatoms. The molecule has 0 aromatic carbocycles. The van der Waals surface area contributed by atoms with Gasteiger partial charge in [-0.15, -0.1) is 0 Å². The molecule has 100 valence electrons. The van der Waals surface area contributed by atoms with E-state index in [4.69, 9.17) is 5.11 Å². The minimum Gasteiger partial charge on any atom is -0.481 e. The van der Waals surface area contributed by atoms with Crippen molar-refractivity contribution in [2.24, 2.45) is 11.8 Å². The number of nitrogens with one attached hydrogen (secondary N) is 1. The maximum absolute atomic E-state index is 11.9. The first kappa shape index (κ1) is 14.2. The highest BCUT2D eigenvalue weighted by Gasteiger charge is 2.34. The van der Waals surface area contributed by atoms with Gasteiger partial charge in [0.05, 0.1) is 18.9 Å². The third kappa shape index (κ3) is 3.32. The molecule has 0 bridgehead atoms. The second kappa shape index (κ2) is 6.18. The molecule has 0 aliphatic heterocycles. The predicted molar refractivity (Wildman–Crippen MR) is 62.6 cm³/mol. The van der Waals surface area contributed by atoms with Crippen molar-refractivity contribution >= 4 is 17.8 Å². The zero-order valence-corrected chi connectivity index (χ0v) is 10.4. The molecule has 0 saturated carbocycles. The minimum absolute atomic E-state index is 0.333. The van der Waals surface area contributed by atoms with Gasteiger partial charge in [-0.25, -0.2) is 4.79 Å². The molecule has 0 saturated heterocycles. The van der Waals surface area contributed by atoms with Crippen LogP contribution in [0.2, 0.25) is 0 Å². The molecule has 0 spiro atoms. The quantitative estimate of drug-likeness (QED) is 0.558. The monoisotopic (exact) mass is 255 g/mol. The standard InChI is InChI=1S/C12H17NO5/c1-7(12(17)18-2)13-10(14)8-5-3-4-6-9(8)11(15)16/h3-4,7-9H,5-6H2,1-2H3,(H,13,14)(H,15,16)/t7-,8+,9-/m0/s1. The molecule has 18 heavy (non-hydrogen) atoms. The van der Waals surface area contributed by atoms with E-state index in [9.17, 15) is 14.4 Å². The third-order valence-corrected chi connectivity index (χ3v) is 3.00. The second-order valence-corrected chi connectivity index (χ2v) is 4.25. The van der Waals surface area contributed by atoms with Crippen molar-refractivity contribution in [2.45, 2.75) is 25.8 Å². The summed E-state index contributed by atoms with van der Waals surface area (Å²) in [6.45, 7) is 1.50. The number of amides is 1. The van der Waals surface area contributed by atoms with Crippen molar-refractivity contribution in [1.82, 2.24) is 5.32 Å². The number of ether oxygens (including phenoxy) is 1. The number of esters is 1. The van der Waals surface area contributed by atoms with Gasteiger partial charge in [-0.3, -0.25) is 9.59 Å². The van der Waals surface area contributed by atoms with Crippen LogP contribution >= 0.6 is 0 Å². The molecule has 3 atom stereocenters. The van der Waals surface area contributed by atoms with E-state index in [1.165, 1.54) is 14.0 Å². The van der Waals surface area contributed by atoms with Crippen LogP contribution in [0.15, 0.2) is 12.2 Å². The summed E-state index contributed by atoms with van der Waals surface area (Å²) in [5, 5.41) is 11.5. The summed E-state index contributed by atoms with van der Waals surface area (Å²) >= 11 is 0. The lowest BCUT2D eigenvalue weighted by Crippen LogP contribution is -2.45. The molecule has 0 heterocycles. The van der Waals surface area contributed by atoms with Gasteiger partial charge >= 0.3 is 11.9 Å². The largest absolute Gasteiger partial charge is 0.481 e. The zero-order chi connectivity index (χ0) is 13.7. The fraction of sp³-hybridized carbons (Fsp3) is 0.583. The fourth-order valence-electron chi connectivity index (χ4n) is 1.93. The van der Waals surface area contributed by atoms with Crippen LogP contribution in [0.1, 0.15) is 19.8 Å². The van der Waals surface area contributed by atoms with Crippen molar-refractivity contribution in [2.75, 3.05) is 7.11 Å². The molecule has 0 unspecified atom stereocenters. The molecular weight excluding hydrogens is 238 g/mol. The topological polar surface area (TPSA) is 92.7 Å². The van der Waals surface area contributed by atoms with E-state index in [0.29, 0.717) is 12.8 Å². The Labute approximate surface area is 105 Å². The van der Waals surface area contributed by atoms with Gasteiger partial charge in [-0.2, -0.15) is 0 Å². The first-order chi connectivity index (χ1) is 8.47. The Morgan fingerprint density at radius 2 is 1.83 bits per heavy atom. The third-order valence-electron chi connectivity index (χ3n) is 3.00. The van der Waals surface area contributed by atoms with E-state index < -0.39 is 35.7 Å². The van der Waals surface area contributed by atoms with Gasteiger partial charge in [-0.05, 0) is 19.8 Å². The van der Waals surface area contributed by atoms with E-state index in [2.05, 4.69) is 10.1 Å². The first-order valence-corrected chi connectivity index (χ1v) is 5.73. The number of hydrogen-bond acceptors (Lipinski definition) is 4. The smallest absolute Gasteiger partial charge is 0.328 e. The highest BCUT2D eigenvalue weighted by molar-refractivity contribution is 5.88. The summed E-state index contributed by atoms with van der Waals surface area (Å²) in [4.78, 5) is 34.1. The van der Waals surface area contributed by atoms with Crippen molar-refractivity contribution in [3.05, 3.63) is 12.2 Å². The van der Waals surface area contributed by atoms with E-state index >= 15 is 0 Å². The van der Waals surface area contributed by atoms with E-state index in [1.54, 1.807) is 12.2 Å². The summed E-state index contributed by atoms with van der Waals surface area (Å²) in [7, 11) is 1.23. The molecule has 6 nitrogen and oxygen atoms in total. The van der Waals surface area contributed by atoms with Gasteiger partial charge in [0.25, 0.3) is 0 Å². The van der Waals surface area contributed by atoms with Crippen LogP contribution in [0.4, 0.5) is 0 Å². The summed E-state index contributed by atoms with van der Waals surface area (Å²) in [6, 6.07) is -0.775. The molecule has 2 N–H and O–H groups in total. The second-order valence-electron chi connectivity index (χ2n) is 4.25. The van der Waals surface area contributed by atoms with E-state index in [1.807, 2.05) is 0 Å². The van der Waals surface area contributed by atoms with E-state index in [0.717, 1.165) is 0 Å². The zero-order valence-electron chi connectivity index (χ0n) is 10.4. The van der Waals surface area contributed by atoms with Crippen molar-refractivity contribution < 1.29 is 24.2 Å². The van der Waals surface area contributed by atoms with Gasteiger partial charge < -0.3 is 15.2 Å². The van der Waals surface area contributed by atoms with Crippen LogP contribution < -0.4 is 5.32 Å². The predicted octanol–water partition coefficient (Wildman–Crippen LogP) is 0.331. The first-order valence-electron chi connectivity index (χ1n) is 5.73. The van der Waals surface area contributed by atoms with Gasteiger partial charge in [-0.1, -0.05) is 12.2 Å². The molecule has 1 amide bonds. The number of methoxy groups -OCH3 is 1. The average molecular weight is 255 g/mol. The van der Waals surface area contributed by atoms with Crippen LogP contribution in [0, 0.1) is 11.8 Å². The molecular formula is C12H17NO5. The Bertz CT molecular complexity index is 377. The molecule has 1 rings (SSSR count). The number of carbonyl (C=O) groups is 3. The summed E-state index contributed by atoms with van der Waals surface area (Å²) in [5.41, 5.74) is 0. The van der Waals surface area contributed by atoms with Crippen molar-refractivity contribution in [3.8, 4) is 0 Å². The maximum atomic E-state index is 11.9. The fourth-order valence-corrected chi connectivity index (χ4v) is 1.93. The van der Waals surface area contributed by atoms with Crippen molar-refractivity contribution in [3.63, 3.8) is 0 Å². The van der Waals surface area contributed by atoms with Crippen LogP contribution in [0.5, 0.6) is 0 Å². The maximum Gasteiger partial charge on any atom is 0.328 e. The Morgan fingerprint density at radius 3 is 2.33 bits per heavy atom. The summed E-state index contributed by atoms with van der Waals surface area (Å²) < 4.78 is 4.49. The number of carboxylic acids is 1. The molecule has 0 aromatic heterocycles. The average Bonchev–Trinajstić information content (AvgIpc) is 2.37. The van der Waals surface area contributed by atoms with Crippen LogP contribution in [-0.2, 0) is 19.1 Å². The number of rotatable bonds is 4. The normalized spacial score (nSPS) is 24.1. The lowest BCUT2D eigenvalue weighted by Gasteiger charge is -2.25. The lowest BCUT2D eigenvalue weighted by molar-refractivity contribution is -0.149. The molecule has 0 radical (unpaired) electrons. The Hall–Kier alpha value is -1.85. The SMILES string of the molecule is COC(=O)[C@H](C)NC(=O)[C@@H]1CC=CC[C@@H]1C(=O)O. The van der Waals surface area contributed by atoms with Gasteiger partial charge in [0.1, 0.15) is 6.04 Å². The number of hydrogen-bond donors (Lipinski definition) is 2. The van der Waals surface area contributed by atoms with Gasteiger partial charge in [0.2, 0.25) is 5.91 Å². The van der Waals surface area contributed by atoms with Gasteiger partial charge in [0.15, 0.2) is 0 Å². The Morgan fingerprint density at radius 1 is 1.28 bits per heavy atom. The molecule has 0 fully saturated rings. The highest BCUT2D eigenvalue weighted by atomic mass is 16.5.